The zero-order chi connectivity index (χ0) is 13.1. The number of hydrogen-bond acceptors (Lipinski definition) is 2. The van der Waals surface area contributed by atoms with Crippen molar-refractivity contribution in [3.8, 4) is 0 Å². The monoisotopic (exact) mass is 247 g/mol. The van der Waals surface area contributed by atoms with E-state index in [1.165, 1.54) is 5.56 Å². The van der Waals surface area contributed by atoms with Crippen LogP contribution in [0.15, 0.2) is 24.3 Å². The summed E-state index contributed by atoms with van der Waals surface area (Å²) in [6, 6.07) is 8.01. The molecule has 1 aromatic rings. The Morgan fingerprint density at radius 3 is 2.39 bits per heavy atom. The van der Waals surface area contributed by atoms with Crippen molar-refractivity contribution in [2.75, 3.05) is 0 Å². The highest BCUT2D eigenvalue weighted by molar-refractivity contribution is 5.74. The fourth-order valence-electron chi connectivity index (χ4n) is 2.13. The molecule has 0 bridgehead atoms. The molecule has 98 valence electrons. The van der Waals surface area contributed by atoms with Gasteiger partial charge < -0.3 is 10.4 Å². The lowest BCUT2D eigenvalue weighted by Gasteiger charge is -2.14. The van der Waals surface area contributed by atoms with E-state index >= 15 is 0 Å². The van der Waals surface area contributed by atoms with Gasteiger partial charge >= 0.3 is 5.97 Å². The molecule has 2 rings (SSSR count). The van der Waals surface area contributed by atoms with E-state index in [4.69, 9.17) is 5.11 Å². The number of rotatable bonds is 6. The van der Waals surface area contributed by atoms with Crippen molar-refractivity contribution < 1.29 is 9.90 Å². The van der Waals surface area contributed by atoms with E-state index in [0.717, 1.165) is 18.4 Å². The SMILES string of the molecule is CC(C)c1ccc(CNC(C(=O)O)C2CC2)cc1. The second-order valence-corrected chi connectivity index (χ2v) is 5.43. The van der Waals surface area contributed by atoms with Gasteiger partial charge in [-0.25, -0.2) is 0 Å². The Kier molecular flexibility index (Phi) is 4.02. The van der Waals surface area contributed by atoms with E-state index in [1.807, 2.05) is 0 Å². The fraction of sp³-hybridized carbons (Fsp3) is 0.533. The number of carboxylic acid groups (broad SMARTS) is 1. The van der Waals surface area contributed by atoms with E-state index < -0.39 is 5.97 Å². The third kappa shape index (κ3) is 3.33. The first-order valence-corrected chi connectivity index (χ1v) is 6.63. The Morgan fingerprint density at radius 1 is 1.33 bits per heavy atom. The van der Waals surface area contributed by atoms with Crippen LogP contribution in [0.4, 0.5) is 0 Å². The van der Waals surface area contributed by atoms with Gasteiger partial charge in [0.2, 0.25) is 0 Å². The summed E-state index contributed by atoms with van der Waals surface area (Å²) in [6.07, 6.45) is 2.08. The first-order valence-electron chi connectivity index (χ1n) is 6.63. The molecule has 2 N–H and O–H groups in total. The summed E-state index contributed by atoms with van der Waals surface area (Å²) in [5.41, 5.74) is 2.46. The molecule has 1 aliphatic rings. The van der Waals surface area contributed by atoms with E-state index in [-0.39, 0.29) is 6.04 Å². The van der Waals surface area contributed by atoms with Gasteiger partial charge in [-0.3, -0.25) is 4.79 Å². The smallest absolute Gasteiger partial charge is 0.320 e. The summed E-state index contributed by atoms with van der Waals surface area (Å²) in [6.45, 7) is 4.97. The zero-order valence-electron chi connectivity index (χ0n) is 11.0. The first-order chi connectivity index (χ1) is 8.58. The second-order valence-electron chi connectivity index (χ2n) is 5.43. The maximum atomic E-state index is 11.1. The van der Waals surface area contributed by atoms with Crippen LogP contribution in [0.3, 0.4) is 0 Å². The summed E-state index contributed by atoms with van der Waals surface area (Å²) in [5, 5.41) is 12.3. The molecule has 0 amide bonds. The normalized spacial score (nSPS) is 16.8. The molecule has 1 fully saturated rings. The fourth-order valence-corrected chi connectivity index (χ4v) is 2.13. The molecule has 1 unspecified atom stereocenters. The molecule has 1 saturated carbocycles. The van der Waals surface area contributed by atoms with Gasteiger partial charge in [0.15, 0.2) is 0 Å². The molecule has 0 spiro atoms. The van der Waals surface area contributed by atoms with Crippen molar-refractivity contribution in [2.24, 2.45) is 5.92 Å². The molecule has 3 heteroatoms. The topological polar surface area (TPSA) is 49.3 Å². The Balaban J connectivity index is 1.90. The van der Waals surface area contributed by atoms with E-state index in [1.54, 1.807) is 0 Å². The minimum absolute atomic E-state index is 0.331. The van der Waals surface area contributed by atoms with Crippen molar-refractivity contribution in [1.29, 1.82) is 0 Å². The van der Waals surface area contributed by atoms with Crippen LogP contribution in [0.5, 0.6) is 0 Å². The van der Waals surface area contributed by atoms with Gasteiger partial charge in [0.25, 0.3) is 0 Å². The van der Waals surface area contributed by atoms with Crippen LogP contribution in [-0.2, 0) is 11.3 Å². The Bertz CT molecular complexity index is 407. The number of nitrogens with one attached hydrogen (secondary N) is 1. The molecule has 0 saturated heterocycles. The molecular formula is C15H21NO2. The third-order valence-corrected chi connectivity index (χ3v) is 3.53. The minimum Gasteiger partial charge on any atom is -0.480 e. The highest BCUT2D eigenvalue weighted by Gasteiger charge is 2.35. The molecule has 0 aromatic heterocycles. The van der Waals surface area contributed by atoms with Crippen molar-refractivity contribution in [3.05, 3.63) is 35.4 Å². The summed E-state index contributed by atoms with van der Waals surface area (Å²) < 4.78 is 0. The van der Waals surface area contributed by atoms with Crippen molar-refractivity contribution in [3.63, 3.8) is 0 Å². The van der Waals surface area contributed by atoms with Gasteiger partial charge in [-0.05, 0) is 35.8 Å². The van der Waals surface area contributed by atoms with Crippen LogP contribution in [0.2, 0.25) is 0 Å². The summed E-state index contributed by atoms with van der Waals surface area (Å²) in [5.74, 6) is 0.138. The highest BCUT2D eigenvalue weighted by atomic mass is 16.4. The predicted molar refractivity (Wildman–Crippen MR) is 71.5 cm³/mol. The van der Waals surface area contributed by atoms with E-state index in [9.17, 15) is 4.79 Å². The Labute approximate surface area is 108 Å². The van der Waals surface area contributed by atoms with Gasteiger partial charge in [0.1, 0.15) is 6.04 Å². The molecule has 0 aliphatic heterocycles. The number of benzene rings is 1. The summed E-state index contributed by atoms with van der Waals surface area (Å²) >= 11 is 0. The van der Waals surface area contributed by atoms with Crippen LogP contribution in [0.25, 0.3) is 0 Å². The van der Waals surface area contributed by atoms with Gasteiger partial charge in [-0.1, -0.05) is 38.1 Å². The predicted octanol–water partition coefficient (Wildman–Crippen LogP) is 2.76. The lowest BCUT2D eigenvalue weighted by molar-refractivity contribution is -0.140. The number of hydrogen-bond donors (Lipinski definition) is 2. The van der Waals surface area contributed by atoms with Crippen LogP contribution < -0.4 is 5.32 Å². The number of carbonyl (C=O) groups is 1. The van der Waals surface area contributed by atoms with Gasteiger partial charge in [-0.15, -0.1) is 0 Å². The number of carboxylic acids is 1. The highest BCUT2D eigenvalue weighted by Crippen LogP contribution is 2.32. The molecule has 3 nitrogen and oxygen atoms in total. The lowest BCUT2D eigenvalue weighted by Crippen LogP contribution is -2.38. The van der Waals surface area contributed by atoms with Crippen molar-refractivity contribution in [1.82, 2.24) is 5.32 Å². The standard InChI is InChI=1S/C15H21NO2/c1-10(2)12-5-3-11(4-6-12)9-16-14(15(17)18)13-7-8-13/h3-6,10,13-14,16H,7-9H2,1-2H3,(H,17,18). The van der Waals surface area contributed by atoms with Crippen LogP contribution in [-0.4, -0.2) is 17.1 Å². The molecule has 1 aliphatic carbocycles. The maximum Gasteiger partial charge on any atom is 0.320 e. The number of aliphatic carboxylic acids is 1. The molecular weight excluding hydrogens is 226 g/mol. The quantitative estimate of drug-likeness (QED) is 0.812. The molecule has 0 heterocycles. The van der Waals surface area contributed by atoms with Gasteiger partial charge in [0, 0.05) is 6.54 Å². The van der Waals surface area contributed by atoms with Gasteiger partial charge in [-0.2, -0.15) is 0 Å². The molecule has 0 radical (unpaired) electrons. The van der Waals surface area contributed by atoms with Gasteiger partial charge in [0.05, 0.1) is 0 Å². The molecule has 18 heavy (non-hydrogen) atoms. The summed E-state index contributed by atoms with van der Waals surface area (Å²) in [7, 11) is 0. The maximum absolute atomic E-state index is 11.1. The second kappa shape index (κ2) is 5.53. The van der Waals surface area contributed by atoms with Crippen LogP contribution in [0.1, 0.15) is 43.7 Å². The van der Waals surface area contributed by atoms with Crippen molar-refractivity contribution >= 4 is 5.97 Å². The minimum atomic E-state index is -0.726. The first kappa shape index (κ1) is 13.1. The van der Waals surface area contributed by atoms with Crippen LogP contribution in [0, 0.1) is 5.92 Å². The zero-order valence-corrected chi connectivity index (χ0v) is 11.0. The Morgan fingerprint density at radius 2 is 1.94 bits per heavy atom. The van der Waals surface area contributed by atoms with E-state index in [0.29, 0.717) is 18.4 Å². The lowest BCUT2D eigenvalue weighted by atomic mass is 10.0. The van der Waals surface area contributed by atoms with Crippen molar-refractivity contribution in [2.45, 2.75) is 45.2 Å². The average molecular weight is 247 g/mol. The summed E-state index contributed by atoms with van der Waals surface area (Å²) in [4.78, 5) is 11.1. The average Bonchev–Trinajstić information content (AvgIpc) is 3.14. The largest absolute Gasteiger partial charge is 0.480 e. The Hall–Kier alpha value is -1.35. The van der Waals surface area contributed by atoms with E-state index in [2.05, 4.69) is 43.4 Å². The molecule has 1 atom stereocenters. The van der Waals surface area contributed by atoms with Crippen LogP contribution >= 0.6 is 0 Å². The molecule has 1 aromatic carbocycles. The third-order valence-electron chi connectivity index (χ3n) is 3.53.